The highest BCUT2D eigenvalue weighted by atomic mass is 35.5. The van der Waals surface area contributed by atoms with Gasteiger partial charge in [0.1, 0.15) is 5.00 Å². The minimum atomic E-state index is -0.604. The number of anilines is 2. The van der Waals surface area contributed by atoms with Crippen molar-refractivity contribution in [1.82, 2.24) is 0 Å². The summed E-state index contributed by atoms with van der Waals surface area (Å²) < 4.78 is 4.79. The highest BCUT2D eigenvalue weighted by Crippen LogP contribution is 2.34. The monoisotopic (exact) mass is 394 g/mol. The minimum absolute atomic E-state index is 0.193. The van der Waals surface area contributed by atoms with E-state index in [2.05, 4.69) is 10.6 Å². The normalized spacial score (nSPS) is 10.3. The van der Waals surface area contributed by atoms with Crippen molar-refractivity contribution in [1.29, 1.82) is 0 Å². The van der Waals surface area contributed by atoms with E-state index >= 15 is 0 Å². The second-order valence-corrected chi connectivity index (χ2v) is 6.97. The first-order valence-electron chi connectivity index (χ1n) is 7.95. The van der Waals surface area contributed by atoms with Gasteiger partial charge in [0.25, 0.3) is 5.91 Å². The Morgan fingerprint density at radius 1 is 1.23 bits per heavy atom. The smallest absolute Gasteiger partial charge is 0.341 e. The molecule has 0 aliphatic carbocycles. The predicted octanol–water partition coefficient (Wildman–Crippen LogP) is 4.49. The molecule has 0 saturated heterocycles. The van der Waals surface area contributed by atoms with Crippen LogP contribution < -0.4 is 10.6 Å². The summed E-state index contributed by atoms with van der Waals surface area (Å²) in [5.41, 5.74) is 1.18. The number of carbonyl (C=O) groups is 3. The number of halogens is 1. The first kappa shape index (κ1) is 19.9. The molecule has 0 unspecified atom stereocenters. The van der Waals surface area contributed by atoms with E-state index in [-0.39, 0.29) is 11.5 Å². The summed E-state index contributed by atoms with van der Waals surface area (Å²) in [6.45, 7) is 3.52. The number of hydrogen-bond acceptors (Lipinski definition) is 5. The first-order valence-corrected chi connectivity index (χ1v) is 9.15. The van der Waals surface area contributed by atoms with Crippen molar-refractivity contribution in [3.05, 3.63) is 45.3 Å². The molecule has 1 aromatic heterocycles. The Morgan fingerprint density at radius 3 is 2.58 bits per heavy atom. The average Bonchev–Trinajstić information content (AvgIpc) is 2.90. The summed E-state index contributed by atoms with van der Waals surface area (Å²) in [7, 11) is 1.25. The van der Waals surface area contributed by atoms with E-state index in [4.69, 9.17) is 16.3 Å². The Hall–Kier alpha value is -2.38. The lowest BCUT2D eigenvalue weighted by atomic mass is 10.1. The van der Waals surface area contributed by atoms with Gasteiger partial charge in [-0.15, -0.1) is 11.3 Å². The average molecular weight is 395 g/mol. The standard InChI is InChI=1S/C18H19ClN2O4S/c1-4-6-13(22)21-17-14(18(24)25-3)10(2)15(26-17)16(23)20-12-8-5-7-11(19)9-12/h5,7-9H,4,6H2,1-3H3,(H,20,23)(H,21,22). The summed E-state index contributed by atoms with van der Waals surface area (Å²) >= 11 is 6.96. The van der Waals surface area contributed by atoms with Crippen LogP contribution in [-0.2, 0) is 9.53 Å². The quantitative estimate of drug-likeness (QED) is 0.707. The molecule has 0 fully saturated rings. The minimum Gasteiger partial charge on any atom is -0.465 e. The fourth-order valence-electron chi connectivity index (χ4n) is 2.34. The molecular weight excluding hydrogens is 376 g/mol. The maximum absolute atomic E-state index is 12.6. The Balaban J connectivity index is 2.35. The molecule has 0 aliphatic heterocycles. The van der Waals surface area contributed by atoms with E-state index in [1.165, 1.54) is 7.11 Å². The maximum Gasteiger partial charge on any atom is 0.341 e. The Bertz CT molecular complexity index is 848. The summed E-state index contributed by atoms with van der Waals surface area (Å²) in [5.74, 6) is -1.22. The summed E-state index contributed by atoms with van der Waals surface area (Å²) in [4.78, 5) is 37.0. The van der Waals surface area contributed by atoms with Crippen LogP contribution in [0, 0.1) is 6.92 Å². The van der Waals surface area contributed by atoms with Crippen LogP contribution in [0.25, 0.3) is 0 Å². The summed E-state index contributed by atoms with van der Waals surface area (Å²) in [6, 6.07) is 6.74. The number of benzene rings is 1. The molecule has 2 N–H and O–H groups in total. The largest absolute Gasteiger partial charge is 0.465 e. The van der Waals surface area contributed by atoms with Gasteiger partial charge in [-0.3, -0.25) is 9.59 Å². The molecule has 26 heavy (non-hydrogen) atoms. The van der Waals surface area contributed by atoms with Crippen LogP contribution in [0.4, 0.5) is 10.7 Å². The molecule has 8 heteroatoms. The highest BCUT2D eigenvalue weighted by molar-refractivity contribution is 7.18. The third-order valence-electron chi connectivity index (χ3n) is 3.56. The molecule has 2 rings (SSSR count). The Kier molecular flexibility index (Phi) is 6.76. The van der Waals surface area contributed by atoms with Gasteiger partial charge in [0, 0.05) is 17.1 Å². The fraction of sp³-hybridized carbons (Fsp3) is 0.278. The summed E-state index contributed by atoms with van der Waals surface area (Å²) in [5, 5.41) is 6.23. The van der Waals surface area contributed by atoms with E-state index in [0.29, 0.717) is 39.0 Å². The van der Waals surface area contributed by atoms with Gasteiger partial charge in [-0.05, 0) is 37.1 Å². The van der Waals surface area contributed by atoms with Crippen molar-refractivity contribution in [3.63, 3.8) is 0 Å². The van der Waals surface area contributed by atoms with Gasteiger partial charge in [0.05, 0.1) is 17.6 Å². The van der Waals surface area contributed by atoms with Gasteiger partial charge >= 0.3 is 5.97 Å². The first-order chi connectivity index (χ1) is 12.4. The molecule has 1 heterocycles. The molecule has 0 atom stereocenters. The second-order valence-electron chi connectivity index (χ2n) is 5.51. The number of methoxy groups -OCH3 is 1. The van der Waals surface area contributed by atoms with Crippen molar-refractivity contribution in [3.8, 4) is 0 Å². The van der Waals surface area contributed by atoms with Crippen LogP contribution in [0.3, 0.4) is 0 Å². The lowest BCUT2D eigenvalue weighted by Gasteiger charge is -2.05. The number of thiophene rings is 1. The van der Waals surface area contributed by atoms with Gasteiger partial charge in [-0.2, -0.15) is 0 Å². The van der Waals surface area contributed by atoms with E-state index < -0.39 is 11.9 Å². The maximum atomic E-state index is 12.6. The zero-order valence-electron chi connectivity index (χ0n) is 14.6. The number of carbonyl (C=O) groups excluding carboxylic acids is 3. The fourth-order valence-corrected chi connectivity index (χ4v) is 3.63. The highest BCUT2D eigenvalue weighted by Gasteiger charge is 2.26. The van der Waals surface area contributed by atoms with Crippen LogP contribution in [0.15, 0.2) is 24.3 Å². The SMILES string of the molecule is CCCC(=O)Nc1sc(C(=O)Nc2cccc(Cl)c2)c(C)c1C(=O)OC. The molecule has 0 saturated carbocycles. The van der Waals surface area contributed by atoms with Gasteiger partial charge < -0.3 is 15.4 Å². The van der Waals surface area contributed by atoms with Crippen LogP contribution in [0.2, 0.25) is 5.02 Å². The molecule has 138 valence electrons. The van der Waals surface area contributed by atoms with E-state index in [0.717, 1.165) is 11.3 Å². The number of hydrogen-bond donors (Lipinski definition) is 2. The Labute approximate surface area is 160 Å². The van der Waals surface area contributed by atoms with E-state index in [1.807, 2.05) is 6.92 Å². The molecule has 0 bridgehead atoms. The lowest BCUT2D eigenvalue weighted by molar-refractivity contribution is -0.116. The number of nitrogens with one attached hydrogen (secondary N) is 2. The molecular formula is C18H19ClN2O4S. The third kappa shape index (κ3) is 4.62. The number of esters is 1. The molecule has 0 aliphatic rings. The number of ether oxygens (including phenoxy) is 1. The van der Waals surface area contributed by atoms with Gasteiger partial charge in [0.2, 0.25) is 5.91 Å². The predicted molar refractivity (Wildman–Crippen MR) is 103 cm³/mol. The summed E-state index contributed by atoms with van der Waals surface area (Å²) in [6.07, 6.45) is 0.994. The van der Waals surface area contributed by atoms with Crippen molar-refractivity contribution in [2.24, 2.45) is 0 Å². The van der Waals surface area contributed by atoms with Gasteiger partial charge in [-0.25, -0.2) is 4.79 Å². The zero-order chi connectivity index (χ0) is 19.3. The molecule has 2 amide bonds. The number of rotatable bonds is 6. The number of amides is 2. The van der Waals surface area contributed by atoms with E-state index in [9.17, 15) is 14.4 Å². The van der Waals surface area contributed by atoms with Crippen molar-refractivity contribution >= 4 is 51.4 Å². The van der Waals surface area contributed by atoms with E-state index in [1.54, 1.807) is 31.2 Å². The van der Waals surface area contributed by atoms with Crippen molar-refractivity contribution in [2.45, 2.75) is 26.7 Å². The molecule has 1 aromatic carbocycles. The van der Waals surface area contributed by atoms with Crippen LogP contribution in [0.1, 0.15) is 45.4 Å². The topological polar surface area (TPSA) is 84.5 Å². The van der Waals surface area contributed by atoms with Gasteiger partial charge in [-0.1, -0.05) is 24.6 Å². The van der Waals surface area contributed by atoms with Crippen LogP contribution in [0.5, 0.6) is 0 Å². The van der Waals surface area contributed by atoms with Crippen molar-refractivity contribution in [2.75, 3.05) is 17.7 Å². The van der Waals surface area contributed by atoms with Crippen molar-refractivity contribution < 1.29 is 19.1 Å². The molecule has 2 aromatic rings. The van der Waals surface area contributed by atoms with Crippen LogP contribution >= 0.6 is 22.9 Å². The third-order valence-corrected chi connectivity index (χ3v) is 5.00. The molecule has 6 nitrogen and oxygen atoms in total. The molecule has 0 radical (unpaired) electrons. The van der Waals surface area contributed by atoms with Gasteiger partial charge in [0.15, 0.2) is 0 Å². The lowest BCUT2D eigenvalue weighted by Crippen LogP contribution is -2.14. The Morgan fingerprint density at radius 2 is 1.96 bits per heavy atom. The van der Waals surface area contributed by atoms with Crippen LogP contribution in [-0.4, -0.2) is 24.9 Å². The second kappa shape index (κ2) is 8.82. The molecule has 0 spiro atoms. The zero-order valence-corrected chi connectivity index (χ0v) is 16.2.